The van der Waals surface area contributed by atoms with Crippen molar-refractivity contribution in [1.29, 1.82) is 0 Å². The molecule has 0 saturated carbocycles. The van der Waals surface area contributed by atoms with Gasteiger partial charge in [0.15, 0.2) is 0 Å². The average Bonchev–Trinajstić information content (AvgIpc) is 0.776. The molecule has 2 radical (unpaired) electrons. The summed E-state index contributed by atoms with van der Waals surface area (Å²) >= 11 is 0. The van der Waals surface area contributed by atoms with E-state index < -0.39 is 0 Å². The summed E-state index contributed by atoms with van der Waals surface area (Å²) in [5, 5.41) is 8.68. The molecule has 0 fully saturated rings. The van der Waals surface area contributed by atoms with Crippen molar-refractivity contribution >= 4 is 87.2 Å². The molecule has 22 nitrogen and oxygen atoms in total. The smallest absolute Gasteiger partial charge is 0.119 e. The molecule has 8 heterocycles. The van der Waals surface area contributed by atoms with Crippen LogP contribution in [0.25, 0.3) is 143 Å². The van der Waals surface area contributed by atoms with Crippen LogP contribution in [0.1, 0.15) is 33.8 Å². The molecule has 0 spiro atoms. The van der Waals surface area contributed by atoms with E-state index in [-0.39, 0.29) is 34.1 Å². The van der Waals surface area contributed by atoms with Crippen molar-refractivity contribution in [2.45, 2.75) is 41.5 Å². The van der Waals surface area contributed by atoms with Gasteiger partial charge in [0.05, 0.1) is 199 Å². The molecule has 138 heavy (non-hydrogen) atoms. The Hall–Kier alpha value is -12.7. The van der Waals surface area contributed by atoms with Gasteiger partial charge < -0.3 is 66.3 Å². The van der Waals surface area contributed by atoms with Gasteiger partial charge in [0.1, 0.15) is 49.4 Å². The third-order valence-electron chi connectivity index (χ3n) is 22.6. The van der Waals surface area contributed by atoms with Gasteiger partial charge in [-0.25, -0.2) is 19.9 Å². The first kappa shape index (κ1) is 101. The fourth-order valence-corrected chi connectivity index (χ4v) is 15.4. The Morgan fingerprint density at radius 3 is 0.717 bits per heavy atom. The first-order valence-corrected chi connectivity index (χ1v) is 46.4. The van der Waals surface area contributed by atoms with E-state index in [9.17, 15) is 0 Å². The molecule has 0 unspecified atom stereocenters. The summed E-state index contributed by atoms with van der Waals surface area (Å²) < 4.78 is 78.5. The Balaban J connectivity index is 0.000000167. The fraction of sp³-hybridized carbons (Fsp3) is 0.263. The molecular formula is C114H114Cu2N8O14. The quantitative estimate of drug-likeness (QED) is 0.0196. The molecule has 0 amide bonds. The topological polar surface area (TPSA) is 232 Å². The number of pyridine rings is 8. The molecule has 0 aliphatic heterocycles. The van der Waals surface area contributed by atoms with E-state index in [2.05, 4.69) is 178 Å². The van der Waals surface area contributed by atoms with Gasteiger partial charge in [0, 0.05) is 128 Å². The van der Waals surface area contributed by atoms with Crippen LogP contribution in [-0.4, -0.2) is 198 Å². The summed E-state index contributed by atoms with van der Waals surface area (Å²) in [5.74, 6) is 3.27. The van der Waals surface area contributed by atoms with Crippen LogP contribution in [0, 0.1) is 41.5 Å². The van der Waals surface area contributed by atoms with E-state index in [1.165, 1.54) is 16.7 Å². The molecular weight excluding hydrogens is 1830 g/mol. The molecule has 10 aromatic carbocycles. The Kier molecular flexibility index (Phi) is 38.7. The number of hydrogen-bond donors (Lipinski definition) is 0. The Morgan fingerprint density at radius 2 is 0.413 bits per heavy atom. The number of ether oxygens (including phenoxy) is 14. The standard InChI is InChI=1S/C44H48N2O7.C38H44N2O7.C32H22N4.2Cu/c1-33-6-13-40(14-7-33)52-28-26-50-24-22-48-20-18-47-19-21-49-23-25-51-27-29-53-41-15-10-35(11-16-41)42-17-12-36-8-9-38-31-39(32-45-43(38)44(36)46-42)37-5-3-4-34(2)30-37;1-29-3-12-34(13-4-29)46-27-25-44-23-21-42-19-17-41-18-20-43-22-24-45-26-28-47-35-14-9-31(10-15-35)36-16-11-33-8-7-32-6-5-30(2)39-37(32)38(33)40-36;1-19-6-8-21-10-12-23-14-16-27(35-31(23)29(21)33-19)25-4-3-5-26(18-25)28-17-15-24-13-11-22-9-7-20(2)34-30(22)32(24)36-28;;/h3-17,30-32H,18-29H2,1-2H3;3-16H,17-28H2,1-2H3;3-18H,1-2H3;;. The summed E-state index contributed by atoms with van der Waals surface area (Å²) in [6, 6.07) is 97.0. The van der Waals surface area contributed by atoms with Gasteiger partial charge in [-0.3, -0.25) is 19.9 Å². The summed E-state index contributed by atoms with van der Waals surface area (Å²) in [6.07, 6.45) is 1.94. The van der Waals surface area contributed by atoms with Crippen LogP contribution in [-0.2, 0) is 81.5 Å². The molecule has 18 rings (SSSR count). The van der Waals surface area contributed by atoms with E-state index in [0.29, 0.717) is 159 Å². The van der Waals surface area contributed by atoms with Crippen molar-refractivity contribution in [3.8, 4) is 79.2 Å². The Labute approximate surface area is 826 Å². The van der Waals surface area contributed by atoms with Crippen LogP contribution in [0.15, 0.2) is 291 Å². The zero-order valence-corrected chi connectivity index (χ0v) is 80.5. The monoisotopic (exact) mass is 1940 g/mol. The second-order valence-corrected chi connectivity index (χ2v) is 32.8. The molecule has 24 heteroatoms. The third kappa shape index (κ3) is 29.2. The maximum Gasteiger partial charge on any atom is 0.119 e. The maximum absolute atomic E-state index is 5.88. The van der Waals surface area contributed by atoms with Crippen molar-refractivity contribution in [3.63, 3.8) is 0 Å². The summed E-state index contributed by atoms with van der Waals surface area (Å²) in [5.41, 5.74) is 24.0. The number of rotatable bonds is 45. The van der Waals surface area contributed by atoms with E-state index in [1.54, 1.807) is 0 Å². The SMILES string of the molecule is Cc1ccc(OCCOCCOCCOCCOCCOCCOc2ccc(-c3ccc4ccc5cc(-c6cccc(C)c6)cnc5c4n3)cc2)cc1.Cc1ccc(OCCOCCOCCOCCOCCOCCOc2ccc(-c3ccc4ccc5ccc(C)nc5c4n3)cc2)cc1.Cc1ccc2ccc3ccc(-c4cccc(-c5ccc6ccc7ccc(C)nc7c6n5)c4)nc3c2n1.[Cu].[Cu]. The first-order chi connectivity index (χ1) is 66.9. The van der Waals surface area contributed by atoms with Crippen molar-refractivity contribution in [2.24, 2.45) is 0 Å². The normalized spacial score (nSPS) is 11.3. The molecule has 0 saturated heterocycles. The minimum atomic E-state index is 0. The van der Waals surface area contributed by atoms with E-state index in [4.69, 9.17) is 106 Å². The minimum Gasteiger partial charge on any atom is -0.491 e. The number of aryl methyl sites for hydroxylation is 6. The number of benzene rings is 10. The molecule has 18 aromatic rings. The third-order valence-corrected chi connectivity index (χ3v) is 22.6. The number of hydrogen-bond acceptors (Lipinski definition) is 22. The van der Waals surface area contributed by atoms with E-state index in [1.807, 2.05) is 154 Å². The van der Waals surface area contributed by atoms with Gasteiger partial charge in [-0.15, -0.1) is 0 Å². The Morgan fingerprint density at radius 1 is 0.174 bits per heavy atom. The van der Waals surface area contributed by atoms with Gasteiger partial charge >= 0.3 is 0 Å². The number of aromatic nitrogens is 8. The van der Waals surface area contributed by atoms with Crippen molar-refractivity contribution < 1.29 is 100 Å². The fourth-order valence-electron chi connectivity index (χ4n) is 15.4. The summed E-state index contributed by atoms with van der Waals surface area (Å²) in [6.45, 7) is 24.4. The van der Waals surface area contributed by atoms with E-state index >= 15 is 0 Å². The molecule has 8 aromatic heterocycles. The van der Waals surface area contributed by atoms with Crippen molar-refractivity contribution in [2.75, 3.05) is 159 Å². The van der Waals surface area contributed by atoms with Crippen LogP contribution in [0.4, 0.5) is 0 Å². The van der Waals surface area contributed by atoms with E-state index in [0.717, 1.165) is 183 Å². The predicted molar refractivity (Wildman–Crippen MR) is 540 cm³/mol. The number of nitrogens with zero attached hydrogens (tertiary/aromatic N) is 8. The van der Waals surface area contributed by atoms with Gasteiger partial charge in [-0.2, -0.15) is 0 Å². The number of fused-ring (bicyclic) bond motifs is 12. The predicted octanol–water partition coefficient (Wildman–Crippen LogP) is 22.7. The summed E-state index contributed by atoms with van der Waals surface area (Å²) in [4.78, 5) is 39.2. The van der Waals surface area contributed by atoms with Crippen molar-refractivity contribution in [1.82, 2.24) is 39.9 Å². The van der Waals surface area contributed by atoms with Crippen LogP contribution >= 0.6 is 0 Å². The van der Waals surface area contributed by atoms with Crippen LogP contribution in [0.3, 0.4) is 0 Å². The molecule has 0 aliphatic rings. The second-order valence-electron chi connectivity index (χ2n) is 32.8. The minimum absolute atomic E-state index is 0. The van der Waals surface area contributed by atoms with Crippen LogP contribution in [0.2, 0.25) is 0 Å². The molecule has 716 valence electrons. The van der Waals surface area contributed by atoms with Gasteiger partial charge in [-0.1, -0.05) is 174 Å². The van der Waals surface area contributed by atoms with Gasteiger partial charge in [-0.05, 0) is 174 Å². The summed E-state index contributed by atoms with van der Waals surface area (Å²) in [7, 11) is 0. The zero-order chi connectivity index (χ0) is 93.3. The average molecular weight is 1950 g/mol. The van der Waals surface area contributed by atoms with Crippen LogP contribution in [0.5, 0.6) is 23.0 Å². The maximum atomic E-state index is 5.88. The largest absolute Gasteiger partial charge is 0.491 e. The Bertz CT molecular complexity index is 6810. The molecule has 0 N–H and O–H groups in total. The molecule has 0 atom stereocenters. The van der Waals surface area contributed by atoms with Gasteiger partial charge in [0.25, 0.3) is 0 Å². The molecule has 0 aliphatic carbocycles. The van der Waals surface area contributed by atoms with Gasteiger partial charge in [0.2, 0.25) is 0 Å². The second kappa shape index (κ2) is 52.7. The van der Waals surface area contributed by atoms with Crippen LogP contribution < -0.4 is 18.9 Å². The van der Waals surface area contributed by atoms with Crippen molar-refractivity contribution in [3.05, 3.63) is 325 Å². The first-order valence-electron chi connectivity index (χ1n) is 46.4. The molecule has 0 bridgehead atoms. The zero-order valence-electron chi connectivity index (χ0n) is 78.6.